The molecule has 1 atom stereocenters. The van der Waals surface area contributed by atoms with Crippen molar-refractivity contribution in [2.45, 2.75) is 32.9 Å². The summed E-state index contributed by atoms with van der Waals surface area (Å²) in [5.74, 6) is 0.937. The zero-order valence-corrected chi connectivity index (χ0v) is 12.1. The summed E-state index contributed by atoms with van der Waals surface area (Å²) in [5.41, 5.74) is 2.53. The lowest BCUT2D eigenvalue weighted by molar-refractivity contribution is 0.504. The van der Waals surface area contributed by atoms with Crippen LogP contribution in [-0.4, -0.2) is 24.3 Å². The molecule has 0 bridgehead atoms. The summed E-state index contributed by atoms with van der Waals surface area (Å²) in [6.45, 7) is 5.07. The number of nitrogens with zero attached hydrogens (tertiary/aromatic N) is 6. The predicted molar refractivity (Wildman–Crippen MR) is 78.6 cm³/mol. The highest BCUT2D eigenvalue weighted by atomic mass is 15.3. The van der Waals surface area contributed by atoms with Crippen molar-refractivity contribution in [1.82, 2.24) is 24.3 Å². The fourth-order valence-corrected chi connectivity index (χ4v) is 2.53. The maximum Gasteiger partial charge on any atom is 0.137 e. The van der Waals surface area contributed by atoms with Gasteiger partial charge in [0.15, 0.2) is 0 Å². The Morgan fingerprint density at radius 1 is 1.38 bits per heavy atom. The van der Waals surface area contributed by atoms with Gasteiger partial charge in [-0.3, -0.25) is 0 Å². The molecule has 1 aromatic carbocycles. The van der Waals surface area contributed by atoms with Gasteiger partial charge in [-0.25, -0.2) is 14.6 Å². The molecule has 0 fully saturated rings. The van der Waals surface area contributed by atoms with Crippen LogP contribution in [0, 0.1) is 11.3 Å². The van der Waals surface area contributed by atoms with E-state index in [1.54, 1.807) is 11.0 Å². The molecule has 3 rings (SSSR count). The number of fused-ring (bicyclic) bond motifs is 1. The Morgan fingerprint density at radius 3 is 2.90 bits per heavy atom. The zero-order chi connectivity index (χ0) is 14.8. The SMILES string of the molecule is CCCn1c(C(C)n2cncn2)nc2cc(C#N)ccc21. The molecule has 106 valence electrons. The van der Waals surface area contributed by atoms with Crippen LogP contribution in [0.25, 0.3) is 11.0 Å². The monoisotopic (exact) mass is 280 g/mol. The van der Waals surface area contributed by atoms with Gasteiger partial charge < -0.3 is 4.57 Å². The van der Waals surface area contributed by atoms with Crippen molar-refractivity contribution in [3.63, 3.8) is 0 Å². The smallest absolute Gasteiger partial charge is 0.137 e. The van der Waals surface area contributed by atoms with Gasteiger partial charge in [-0.15, -0.1) is 0 Å². The van der Waals surface area contributed by atoms with Crippen LogP contribution in [0.3, 0.4) is 0 Å². The van der Waals surface area contributed by atoms with Crippen LogP contribution in [-0.2, 0) is 6.54 Å². The average molecular weight is 280 g/mol. The molecule has 0 N–H and O–H groups in total. The number of aromatic nitrogens is 5. The number of benzene rings is 1. The van der Waals surface area contributed by atoms with Crippen molar-refractivity contribution in [3.8, 4) is 6.07 Å². The van der Waals surface area contributed by atoms with Gasteiger partial charge in [-0.1, -0.05) is 6.92 Å². The lowest BCUT2D eigenvalue weighted by Gasteiger charge is -2.14. The fraction of sp³-hybridized carbons (Fsp3) is 0.333. The Balaban J connectivity index is 2.16. The van der Waals surface area contributed by atoms with Crippen molar-refractivity contribution in [2.24, 2.45) is 0 Å². The minimum absolute atomic E-state index is 0.00279. The Morgan fingerprint density at radius 2 is 2.24 bits per heavy atom. The van der Waals surface area contributed by atoms with Crippen LogP contribution >= 0.6 is 0 Å². The third kappa shape index (κ3) is 2.27. The van der Waals surface area contributed by atoms with E-state index in [1.165, 1.54) is 6.33 Å². The lowest BCUT2D eigenvalue weighted by atomic mass is 10.2. The standard InChI is InChI=1S/C15H16N6/c1-3-6-20-14-5-4-12(8-16)7-13(14)19-15(20)11(2)21-10-17-9-18-21/h4-5,7,9-11H,3,6H2,1-2H3. The highest BCUT2D eigenvalue weighted by Gasteiger charge is 2.18. The summed E-state index contributed by atoms with van der Waals surface area (Å²) in [5, 5.41) is 13.2. The number of imidazole rings is 1. The third-order valence-electron chi connectivity index (χ3n) is 3.56. The van der Waals surface area contributed by atoms with Gasteiger partial charge in [0.2, 0.25) is 0 Å². The number of nitriles is 1. The van der Waals surface area contributed by atoms with Crippen LogP contribution < -0.4 is 0 Å². The van der Waals surface area contributed by atoms with Gasteiger partial charge in [-0.05, 0) is 31.5 Å². The van der Waals surface area contributed by atoms with Crippen LogP contribution in [0.4, 0.5) is 0 Å². The molecule has 6 heteroatoms. The molecule has 0 aliphatic rings. The molecule has 2 aromatic heterocycles. The second kappa shape index (κ2) is 5.37. The van der Waals surface area contributed by atoms with E-state index in [1.807, 2.05) is 25.1 Å². The van der Waals surface area contributed by atoms with Crippen molar-refractivity contribution in [2.75, 3.05) is 0 Å². The Hall–Kier alpha value is -2.68. The van der Waals surface area contributed by atoms with Gasteiger partial charge in [0, 0.05) is 6.54 Å². The lowest BCUT2D eigenvalue weighted by Crippen LogP contribution is -2.14. The van der Waals surface area contributed by atoms with Gasteiger partial charge in [-0.2, -0.15) is 10.4 Å². The summed E-state index contributed by atoms with van der Waals surface area (Å²) < 4.78 is 3.99. The molecule has 0 aliphatic heterocycles. The third-order valence-corrected chi connectivity index (χ3v) is 3.56. The molecule has 6 nitrogen and oxygen atoms in total. The number of hydrogen-bond donors (Lipinski definition) is 0. The second-order valence-electron chi connectivity index (χ2n) is 4.99. The summed E-state index contributed by atoms with van der Waals surface area (Å²) >= 11 is 0. The van der Waals surface area contributed by atoms with E-state index in [-0.39, 0.29) is 6.04 Å². The fourth-order valence-electron chi connectivity index (χ4n) is 2.53. The number of aryl methyl sites for hydroxylation is 1. The van der Waals surface area contributed by atoms with E-state index in [9.17, 15) is 0 Å². The summed E-state index contributed by atoms with van der Waals surface area (Å²) in [7, 11) is 0. The van der Waals surface area contributed by atoms with Crippen molar-refractivity contribution >= 4 is 11.0 Å². The maximum atomic E-state index is 9.03. The minimum Gasteiger partial charge on any atom is -0.326 e. The maximum absolute atomic E-state index is 9.03. The van der Waals surface area contributed by atoms with E-state index in [2.05, 4.69) is 27.6 Å². The van der Waals surface area contributed by atoms with Crippen molar-refractivity contribution in [1.29, 1.82) is 5.26 Å². The highest BCUT2D eigenvalue weighted by Crippen LogP contribution is 2.24. The number of hydrogen-bond acceptors (Lipinski definition) is 4. The van der Waals surface area contributed by atoms with Gasteiger partial charge in [0.25, 0.3) is 0 Å². The predicted octanol–water partition coefficient (Wildman–Crippen LogP) is 2.52. The molecule has 1 unspecified atom stereocenters. The van der Waals surface area contributed by atoms with Crippen LogP contribution in [0.5, 0.6) is 0 Å². The Kier molecular flexibility index (Phi) is 3.40. The van der Waals surface area contributed by atoms with Crippen molar-refractivity contribution < 1.29 is 0 Å². The van der Waals surface area contributed by atoms with Gasteiger partial charge in [0.1, 0.15) is 24.5 Å². The first-order valence-corrected chi connectivity index (χ1v) is 6.99. The summed E-state index contributed by atoms with van der Waals surface area (Å²) in [6, 6.07) is 7.79. The molecule has 0 aliphatic carbocycles. The normalized spacial score (nSPS) is 12.4. The zero-order valence-electron chi connectivity index (χ0n) is 12.1. The van der Waals surface area contributed by atoms with E-state index >= 15 is 0 Å². The average Bonchev–Trinajstić information content (AvgIpc) is 3.14. The van der Waals surface area contributed by atoms with E-state index in [0.717, 1.165) is 29.8 Å². The molecule has 2 heterocycles. The van der Waals surface area contributed by atoms with E-state index < -0.39 is 0 Å². The highest BCUT2D eigenvalue weighted by molar-refractivity contribution is 5.77. The van der Waals surface area contributed by atoms with Crippen molar-refractivity contribution in [3.05, 3.63) is 42.2 Å². The summed E-state index contributed by atoms with van der Waals surface area (Å²) in [6.07, 6.45) is 4.24. The number of rotatable bonds is 4. The first kappa shape index (κ1) is 13.3. The molecule has 0 saturated carbocycles. The minimum atomic E-state index is -0.00279. The van der Waals surface area contributed by atoms with E-state index in [4.69, 9.17) is 10.2 Å². The topological polar surface area (TPSA) is 72.3 Å². The van der Waals surface area contributed by atoms with Gasteiger partial charge >= 0.3 is 0 Å². The Bertz CT molecular complexity index is 794. The molecule has 0 radical (unpaired) electrons. The first-order chi connectivity index (χ1) is 10.2. The van der Waals surface area contributed by atoms with Gasteiger partial charge in [0.05, 0.1) is 22.7 Å². The van der Waals surface area contributed by atoms with E-state index in [0.29, 0.717) is 5.56 Å². The first-order valence-electron chi connectivity index (χ1n) is 6.99. The molecule has 0 saturated heterocycles. The van der Waals surface area contributed by atoms with Crippen LogP contribution in [0.15, 0.2) is 30.9 Å². The van der Waals surface area contributed by atoms with Crippen LogP contribution in [0.1, 0.15) is 37.7 Å². The second-order valence-corrected chi connectivity index (χ2v) is 4.99. The molecular weight excluding hydrogens is 264 g/mol. The largest absolute Gasteiger partial charge is 0.326 e. The molecule has 21 heavy (non-hydrogen) atoms. The Labute approximate surface area is 122 Å². The quantitative estimate of drug-likeness (QED) is 0.736. The molecule has 0 amide bonds. The molecular formula is C15H16N6. The molecule has 3 aromatic rings. The molecule has 0 spiro atoms. The van der Waals surface area contributed by atoms with Crippen LogP contribution in [0.2, 0.25) is 0 Å². The summed E-state index contributed by atoms with van der Waals surface area (Å²) in [4.78, 5) is 8.72.